The van der Waals surface area contributed by atoms with Crippen LogP contribution in [-0.2, 0) is 6.54 Å². The van der Waals surface area contributed by atoms with Crippen LogP contribution in [0.15, 0.2) is 42.5 Å². The number of anilines is 1. The molecule has 0 bridgehead atoms. The van der Waals surface area contributed by atoms with Crippen molar-refractivity contribution in [1.29, 1.82) is 0 Å². The summed E-state index contributed by atoms with van der Waals surface area (Å²) in [5.41, 5.74) is 3.16. The Morgan fingerprint density at radius 2 is 1.80 bits per heavy atom. The predicted molar refractivity (Wildman–Crippen MR) is 98.6 cm³/mol. The summed E-state index contributed by atoms with van der Waals surface area (Å²) >= 11 is 5.85. The van der Waals surface area contributed by atoms with Crippen LogP contribution in [0.2, 0.25) is 5.02 Å². The van der Waals surface area contributed by atoms with Gasteiger partial charge in [-0.1, -0.05) is 41.4 Å². The molecule has 1 aliphatic heterocycles. The Bertz CT molecular complexity index is 743. The van der Waals surface area contributed by atoms with Crippen molar-refractivity contribution in [2.75, 3.05) is 31.1 Å². The van der Waals surface area contributed by atoms with E-state index in [1.54, 1.807) is 17.0 Å². The highest BCUT2D eigenvalue weighted by atomic mass is 35.5. The monoisotopic (exact) mass is 361 g/mol. The molecule has 1 fully saturated rings. The highest BCUT2D eigenvalue weighted by Crippen LogP contribution is 2.23. The van der Waals surface area contributed by atoms with Crippen LogP contribution >= 0.6 is 11.6 Å². The molecule has 3 rings (SSSR count). The van der Waals surface area contributed by atoms with E-state index < -0.39 is 5.82 Å². The molecule has 4 nitrogen and oxygen atoms in total. The van der Waals surface area contributed by atoms with Crippen molar-refractivity contribution >= 4 is 23.3 Å². The molecule has 1 saturated heterocycles. The molecule has 2 amide bonds. The van der Waals surface area contributed by atoms with Crippen LogP contribution in [0.1, 0.15) is 11.1 Å². The van der Waals surface area contributed by atoms with Crippen LogP contribution in [0.3, 0.4) is 0 Å². The molecule has 0 aliphatic carbocycles. The molecule has 0 spiro atoms. The number of carbonyl (C=O) groups excluding carboxylic acids is 1. The second-order valence-corrected chi connectivity index (χ2v) is 6.62. The van der Waals surface area contributed by atoms with Gasteiger partial charge in [0.25, 0.3) is 0 Å². The summed E-state index contributed by atoms with van der Waals surface area (Å²) in [5, 5.41) is 3.08. The lowest BCUT2D eigenvalue weighted by Crippen LogP contribution is -2.51. The number of amides is 2. The van der Waals surface area contributed by atoms with Gasteiger partial charge in [0, 0.05) is 38.4 Å². The maximum Gasteiger partial charge on any atom is 0.317 e. The standard InChI is InChI=1S/C19H21ClFN3O/c1-14-2-4-15(5-3-14)13-22-19(25)24-10-8-23(9-11-24)16-6-7-18(21)17(20)12-16/h2-7,12H,8-11,13H2,1H3,(H,22,25). The van der Waals surface area contributed by atoms with Gasteiger partial charge in [0.1, 0.15) is 5.82 Å². The molecule has 132 valence electrons. The van der Waals surface area contributed by atoms with Gasteiger partial charge in [0.15, 0.2) is 0 Å². The van der Waals surface area contributed by atoms with Crippen molar-refractivity contribution in [3.8, 4) is 0 Å². The first kappa shape index (κ1) is 17.5. The van der Waals surface area contributed by atoms with Crippen molar-refractivity contribution in [3.63, 3.8) is 0 Å². The lowest BCUT2D eigenvalue weighted by atomic mass is 10.1. The molecule has 0 atom stereocenters. The first-order chi connectivity index (χ1) is 12.0. The number of rotatable bonds is 3. The molecule has 0 saturated carbocycles. The van der Waals surface area contributed by atoms with E-state index in [0.29, 0.717) is 32.7 Å². The lowest BCUT2D eigenvalue weighted by Gasteiger charge is -2.36. The van der Waals surface area contributed by atoms with Crippen LogP contribution in [0.25, 0.3) is 0 Å². The van der Waals surface area contributed by atoms with Crippen LogP contribution < -0.4 is 10.2 Å². The summed E-state index contributed by atoms with van der Waals surface area (Å²) in [6.07, 6.45) is 0. The Kier molecular flexibility index (Phi) is 5.43. The van der Waals surface area contributed by atoms with Gasteiger partial charge >= 0.3 is 6.03 Å². The normalized spacial score (nSPS) is 14.5. The van der Waals surface area contributed by atoms with Gasteiger partial charge in [0.2, 0.25) is 0 Å². The summed E-state index contributed by atoms with van der Waals surface area (Å²) in [5.74, 6) is -0.417. The molecule has 25 heavy (non-hydrogen) atoms. The largest absolute Gasteiger partial charge is 0.368 e. The van der Waals surface area contributed by atoms with Crippen LogP contribution in [0, 0.1) is 12.7 Å². The number of nitrogens with one attached hydrogen (secondary N) is 1. The topological polar surface area (TPSA) is 35.6 Å². The molecule has 0 aromatic heterocycles. The molecule has 6 heteroatoms. The number of urea groups is 1. The fourth-order valence-electron chi connectivity index (χ4n) is 2.84. The van der Waals surface area contributed by atoms with E-state index in [9.17, 15) is 9.18 Å². The van der Waals surface area contributed by atoms with Crippen LogP contribution in [-0.4, -0.2) is 37.1 Å². The highest BCUT2D eigenvalue weighted by Gasteiger charge is 2.21. The summed E-state index contributed by atoms with van der Waals surface area (Å²) in [7, 11) is 0. The van der Waals surface area contributed by atoms with Gasteiger partial charge in [-0.05, 0) is 30.7 Å². The summed E-state index contributed by atoms with van der Waals surface area (Å²) < 4.78 is 13.3. The van der Waals surface area contributed by atoms with Crippen molar-refractivity contribution < 1.29 is 9.18 Å². The summed E-state index contributed by atoms with van der Waals surface area (Å²) in [6.45, 7) is 5.19. The van der Waals surface area contributed by atoms with E-state index in [-0.39, 0.29) is 11.1 Å². The fourth-order valence-corrected chi connectivity index (χ4v) is 3.02. The Morgan fingerprint density at radius 3 is 2.44 bits per heavy atom. The van der Waals surface area contributed by atoms with E-state index in [0.717, 1.165) is 11.3 Å². The Balaban J connectivity index is 1.50. The molecular weight excluding hydrogens is 341 g/mol. The predicted octanol–water partition coefficient (Wildman–Crippen LogP) is 3.82. The number of hydrogen-bond donors (Lipinski definition) is 1. The SMILES string of the molecule is Cc1ccc(CNC(=O)N2CCN(c3ccc(F)c(Cl)c3)CC2)cc1. The first-order valence-electron chi connectivity index (χ1n) is 8.31. The average molecular weight is 362 g/mol. The molecular formula is C19H21ClFN3O. The Labute approximate surface area is 152 Å². The van der Waals surface area contributed by atoms with Crippen molar-refractivity contribution in [3.05, 3.63) is 64.4 Å². The van der Waals surface area contributed by atoms with Gasteiger partial charge in [-0.25, -0.2) is 9.18 Å². The minimum absolute atomic E-state index is 0.0580. The van der Waals surface area contributed by atoms with E-state index in [2.05, 4.69) is 10.2 Å². The third-order valence-electron chi connectivity index (χ3n) is 4.40. The lowest BCUT2D eigenvalue weighted by molar-refractivity contribution is 0.194. The minimum Gasteiger partial charge on any atom is -0.368 e. The van der Waals surface area contributed by atoms with Gasteiger partial charge in [-0.2, -0.15) is 0 Å². The van der Waals surface area contributed by atoms with Crippen LogP contribution in [0.5, 0.6) is 0 Å². The third-order valence-corrected chi connectivity index (χ3v) is 4.69. The second-order valence-electron chi connectivity index (χ2n) is 6.22. The highest BCUT2D eigenvalue weighted by molar-refractivity contribution is 6.31. The van der Waals surface area contributed by atoms with Gasteiger partial charge in [0.05, 0.1) is 5.02 Å². The number of hydrogen-bond acceptors (Lipinski definition) is 2. The van der Waals surface area contributed by atoms with Crippen molar-refractivity contribution in [2.45, 2.75) is 13.5 Å². The molecule has 2 aromatic carbocycles. The van der Waals surface area contributed by atoms with Gasteiger partial charge in [-0.15, -0.1) is 0 Å². The molecule has 2 aromatic rings. The summed E-state index contributed by atoms with van der Waals surface area (Å²) in [6, 6.07) is 12.8. The van der Waals surface area contributed by atoms with E-state index in [1.807, 2.05) is 31.2 Å². The average Bonchev–Trinajstić information content (AvgIpc) is 2.63. The quantitative estimate of drug-likeness (QED) is 0.902. The number of benzene rings is 2. The molecule has 0 radical (unpaired) electrons. The van der Waals surface area contributed by atoms with Crippen molar-refractivity contribution in [2.24, 2.45) is 0 Å². The smallest absolute Gasteiger partial charge is 0.317 e. The zero-order chi connectivity index (χ0) is 17.8. The summed E-state index contributed by atoms with van der Waals surface area (Å²) in [4.78, 5) is 16.2. The number of piperazine rings is 1. The van der Waals surface area contributed by atoms with Gasteiger partial charge in [-0.3, -0.25) is 0 Å². The fraction of sp³-hybridized carbons (Fsp3) is 0.316. The van der Waals surface area contributed by atoms with Gasteiger partial charge < -0.3 is 15.1 Å². The molecule has 1 aliphatic rings. The zero-order valence-electron chi connectivity index (χ0n) is 14.1. The molecule has 0 unspecified atom stereocenters. The zero-order valence-corrected chi connectivity index (χ0v) is 14.9. The maximum atomic E-state index is 13.3. The second kappa shape index (κ2) is 7.74. The number of carbonyl (C=O) groups is 1. The Hall–Kier alpha value is -2.27. The number of halogens is 2. The van der Waals surface area contributed by atoms with E-state index in [1.165, 1.54) is 11.6 Å². The molecule has 1 heterocycles. The van der Waals surface area contributed by atoms with Crippen molar-refractivity contribution in [1.82, 2.24) is 10.2 Å². The minimum atomic E-state index is -0.417. The third kappa shape index (κ3) is 4.42. The number of nitrogens with zero attached hydrogens (tertiary/aromatic N) is 2. The number of aryl methyl sites for hydroxylation is 1. The Morgan fingerprint density at radius 1 is 1.12 bits per heavy atom. The first-order valence-corrected chi connectivity index (χ1v) is 8.69. The van der Waals surface area contributed by atoms with Crippen LogP contribution in [0.4, 0.5) is 14.9 Å². The molecule has 1 N–H and O–H groups in total. The van der Waals surface area contributed by atoms with E-state index in [4.69, 9.17) is 11.6 Å². The van der Waals surface area contributed by atoms with E-state index >= 15 is 0 Å². The maximum absolute atomic E-state index is 13.3.